The summed E-state index contributed by atoms with van der Waals surface area (Å²) in [4.78, 5) is 0. The van der Waals surface area contributed by atoms with Crippen LogP contribution >= 0.6 is 0 Å². The van der Waals surface area contributed by atoms with E-state index in [4.69, 9.17) is 4.74 Å². The summed E-state index contributed by atoms with van der Waals surface area (Å²) in [6.45, 7) is 2.30. The number of aromatic nitrogens is 2. The van der Waals surface area contributed by atoms with Crippen molar-refractivity contribution in [3.05, 3.63) is 90.4 Å². The van der Waals surface area contributed by atoms with Gasteiger partial charge in [0.1, 0.15) is 18.2 Å². The molecule has 0 aliphatic rings. The van der Waals surface area contributed by atoms with Crippen LogP contribution in [0.1, 0.15) is 38.2 Å². The van der Waals surface area contributed by atoms with Crippen molar-refractivity contribution in [3.8, 4) is 11.4 Å². The predicted molar refractivity (Wildman–Crippen MR) is 142 cm³/mol. The van der Waals surface area contributed by atoms with Gasteiger partial charge in [0.2, 0.25) is 10.0 Å². The molecule has 3 aromatic carbocycles. The van der Waals surface area contributed by atoms with Crippen molar-refractivity contribution in [2.45, 2.75) is 45.1 Å². The van der Waals surface area contributed by atoms with Crippen LogP contribution in [0.3, 0.4) is 0 Å². The van der Waals surface area contributed by atoms with Crippen molar-refractivity contribution in [1.29, 1.82) is 0 Å². The van der Waals surface area contributed by atoms with Gasteiger partial charge in [-0.3, -0.25) is 0 Å². The van der Waals surface area contributed by atoms with Crippen molar-refractivity contribution in [1.82, 2.24) is 14.5 Å². The summed E-state index contributed by atoms with van der Waals surface area (Å²) >= 11 is 0. The predicted octanol–water partition coefficient (Wildman–Crippen LogP) is 5.65. The first-order valence-corrected chi connectivity index (χ1v) is 14.0. The Morgan fingerprint density at radius 1 is 1.00 bits per heavy atom. The number of halogens is 1. The molecule has 0 saturated carbocycles. The maximum absolute atomic E-state index is 13.3. The van der Waals surface area contributed by atoms with Crippen LogP contribution in [0.4, 0.5) is 4.39 Å². The molecule has 8 heteroatoms. The molecule has 1 N–H and O–H groups in total. The lowest BCUT2D eigenvalue weighted by Crippen LogP contribution is -2.41. The molecule has 1 heterocycles. The summed E-state index contributed by atoms with van der Waals surface area (Å²) in [5.41, 5.74) is 2.66. The Morgan fingerprint density at radius 2 is 1.78 bits per heavy atom. The Kier molecular flexibility index (Phi) is 8.72. The van der Waals surface area contributed by atoms with Gasteiger partial charge in [-0.25, -0.2) is 22.2 Å². The highest BCUT2D eigenvalue weighted by Crippen LogP contribution is 2.24. The first kappa shape index (κ1) is 25.9. The third-order valence-corrected chi connectivity index (χ3v) is 7.52. The molecule has 0 fully saturated rings. The monoisotopic (exact) mass is 509 g/mol. The van der Waals surface area contributed by atoms with Crippen molar-refractivity contribution < 1.29 is 17.5 Å². The van der Waals surface area contributed by atoms with Crippen molar-refractivity contribution >= 4 is 20.9 Å². The van der Waals surface area contributed by atoms with Crippen LogP contribution in [0.15, 0.2) is 79.0 Å². The number of benzene rings is 3. The second-order valence-electron chi connectivity index (χ2n) is 8.95. The number of sulfonamides is 1. The zero-order chi connectivity index (χ0) is 25.4. The first-order chi connectivity index (χ1) is 17.4. The molecule has 0 saturated heterocycles. The van der Waals surface area contributed by atoms with Crippen molar-refractivity contribution in [3.63, 3.8) is 0 Å². The summed E-state index contributed by atoms with van der Waals surface area (Å²) in [5.74, 6) is 0.446. The van der Waals surface area contributed by atoms with Crippen LogP contribution in [0.25, 0.3) is 16.6 Å². The standard InChI is InChI=1S/C28H32FN3O3S/c1-2-3-4-8-17-36(33,34)31-25(18-22-9-6-5-7-10-22)21-35-27-15-16-28-23(19-27)20-30-32(28)26-13-11-24(29)12-14-26/h5-7,9-16,19-20,25,31H,2-4,8,17-18,21H2,1H3. The second kappa shape index (κ2) is 12.1. The number of nitrogens with zero attached hydrogens (tertiary/aromatic N) is 2. The number of unbranched alkanes of at least 4 members (excludes halogenated alkanes) is 3. The van der Waals surface area contributed by atoms with E-state index in [9.17, 15) is 12.8 Å². The molecular formula is C28H32FN3O3S. The van der Waals surface area contributed by atoms with E-state index >= 15 is 0 Å². The molecular weight excluding hydrogens is 477 g/mol. The van der Waals surface area contributed by atoms with Gasteiger partial charge in [-0.15, -0.1) is 0 Å². The third kappa shape index (κ3) is 7.15. The van der Waals surface area contributed by atoms with Crippen LogP contribution in [-0.4, -0.2) is 36.6 Å². The van der Waals surface area contributed by atoms with Gasteiger partial charge in [0.15, 0.2) is 0 Å². The summed E-state index contributed by atoms with van der Waals surface area (Å²) in [5, 5.41) is 5.29. The molecule has 0 bridgehead atoms. The van der Waals surface area contributed by atoms with Crippen LogP contribution in [-0.2, 0) is 16.4 Å². The molecule has 1 unspecified atom stereocenters. The Bertz CT molecular complexity index is 1360. The molecule has 0 amide bonds. The van der Waals surface area contributed by atoms with Crippen molar-refractivity contribution in [2.24, 2.45) is 0 Å². The van der Waals surface area contributed by atoms with Crippen LogP contribution in [0.2, 0.25) is 0 Å². The SMILES string of the molecule is CCCCCCS(=O)(=O)NC(COc1ccc2c(cnn2-c2ccc(F)cc2)c1)Cc1ccccc1. The van der Waals surface area contributed by atoms with E-state index in [0.29, 0.717) is 18.6 Å². The van der Waals surface area contributed by atoms with Gasteiger partial charge in [-0.2, -0.15) is 5.10 Å². The number of nitrogens with one attached hydrogen (secondary N) is 1. The number of ether oxygens (including phenoxy) is 1. The van der Waals surface area contributed by atoms with Crippen LogP contribution in [0.5, 0.6) is 5.75 Å². The maximum Gasteiger partial charge on any atom is 0.211 e. The zero-order valence-electron chi connectivity index (χ0n) is 20.4. The Hall–Kier alpha value is -3.23. The van der Waals surface area contributed by atoms with E-state index in [-0.39, 0.29) is 18.2 Å². The highest BCUT2D eigenvalue weighted by Gasteiger charge is 2.19. The number of hydrogen-bond donors (Lipinski definition) is 1. The van der Waals surface area contributed by atoms with Gasteiger partial charge in [0, 0.05) is 5.39 Å². The van der Waals surface area contributed by atoms with Gasteiger partial charge < -0.3 is 4.74 Å². The van der Waals surface area contributed by atoms with E-state index in [0.717, 1.165) is 41.4 Å². The summed E-state index contributed by atoms with van der Waals surface area (Å²) in [6, 6.07) is 21.2. The molecule has 0 aliphatic heterocycles. The van der Waals surface area contributed by atoms with E-state index in [1.165, 1.54) is 12.1 Å². The molecule has 0 radical (unpaired) electrons. The highest BCUT2D eigenvalue weighted by atomic mass is 32.2. The molecule has 1 atom stereocenters. The van der Waals surface area contributed by atoms with Gasteiger partial charge in [-0.1, -0.05) is 56.5 Å². The zero-order valence-corrected chi connectivity index (χ0v) is 21.3. The van der Waals surface area contributed by atoms with Crippen LogP contribution < -0.4 is 9.46 Å². The van der Waals surface area contributed by atoms with Gasteiger partial charge >= 0.3 is 0 Å². The minimum atomic E-state index is -3.42. The van der Waals surface area contributed by atoms with E-state index in [1.54, 1.807) is 23.0 Å². The van der Waals surface area contributed by atoms with Crippen molar-refractivity contribution in [2.75, 3.05) is 12.4 Å². The Morgan fingerprint density at radius 3 is 2.53 bits per heavy atom. The third-order valence-electron chi connectivity index (χ3n) is 6.00. The summed E-state index contributed by atoms with van der Waals surface area (Å²) < 4.78 is 49.4. The fraction of sp³-hybridized carbons (Fsp3) is 0.321. The van der Waals surface area contributed by atoms with Gasteiger partial charge in [-0.05, 0) is 60.9 Å². The van der Waals surface area contributed by atoms with E-state index < -0.39 is 16.1 Å². The first-order valence-electron chi connectivity index (χ1n) is 12.3. The lowest BCUT2D eigenvalue weighted by Gasteiger charge is -2.20. The number of fused-ring (bicyclic) bond motifs is 1. The smallest absolute Gasteiger partial charge is 0.211 e. The minimum Gasteiger partial charge on any atom is -0.492 e. The van der Waals surface area contributed by atoms with Crippen LogP contribution in [0, 0.1) is 5.82 Å². The van der Waals surface area contributed by atoms with Gasteiger partial charge in [0.05, 0.1) is 29.2 Å². The fourth-order valence-electron chi connectivity index (χ4n) is 4.15. The molecule has 6 nitrogen and oxygen atoms in total. The molecule has 0 aliphatic carbocycles. The topological polar surface area (TPSA) is 73.2 Å². The fourth-order valence-corrected chi connectivity index (χ4v) is 5.51. The summed E-state index contributed by atoms with van der Waals surface area (Å²) in [6.07, 6.45) is 5.91. The average molecular weight is 510 g/mol. The van der Waals surface area contributed by atoms with Gasteiger partial charge in [0.25, 0.3) is 0 Å². The van der Waals surface area contributed by atoms with E-state index in [1.807, 2.05) is 48.5 Å². The largest absolute Gasteiger partial charge is 0.492 e. The molecule has 0 spiro atoms. The average Bonchev–Trinajstić information content (AvgIpc) is 3.29. The Labute approximate surface area is 212 Å². The van der Waals surface area contributed by atoms with E-state index in [2.05, 4.69) is 16.7 Å². The number of hydrogen-bond acceptors (Lipinski definition) is 4. The second-order valence-corrected chi connectivity index (χ2v) is 10.8. The lowest BCUT2D eigenvalue weighted by molar-refractivity contribution is 0.278. The minimum absolute atomic E-state index is 0.118. The molecule has 190 valence electrons. The maximum atomic E-state index is 13.3. The Balaban J connectivity index is 1.46. The quantitative estimate of drug-likeness (QED) is 0.236. The molecule has 4 rings (SSSR count). The molecule has 1 aromatic heterocycles. The lowest BCUT2D eigenvalue weighted by atomic mass is 10.1. The normalized spacial score (nSPS) is 12.6. The molecule has 4 aromatic rings. The summed E-state index contributed by atoms with van der Waals surface area (Å²) in [7, 11) is -3.42. The number of rotatable bonds is 13. The highest BCUT2D eigenvalue weighted by molar-refractivity contribution is 7.89. The molecule has 36 heavy (non-hydrogen) atoms.